The maximum absolute atomic E-state index is 12.1. The number of carbonyl (C=O) groups excluding carboxylic acids is 2. The van der Waals surface area contributed by atoms with E-state index in [4.69, 9.17) is 9.47 Å². The van der Waals surface area contributed by atoms with Crippen LogP contribution in [0, 0.1) is 0 Å². The second-order valence-corrected chi connectivity index (χ2v) is 4.82. The lowest BCUT2D eigenvalue weighted by Crippen LogP contribution is -2.30. The lowest BCUT2D eigenvalue weighted by atomic mass is 9.97. The van der Waals surface area contributed by atoms with Gasteiger partial charge in [0.15, 0.2) is 0 Å². The Balaban J connectivity index is 2.11. The van der Waals surface area contributed by atoms with E-state index in [2.05, 4.69) is 12.2 Å². The largest absolute Gasteiger partial charge is 0.489 e. The first kappa shape index (κ1) is 14.4. The number of rotatable bonds is 4. The van der Waals surface area contributed by atoms with Crippen molar-refractivity contribution in [3.8, 4) is 5.75 Å². The minimum atomic E-state index is -0.448. The molecule has 2 rings (SSSR count). The highest BCUT2D eigenvalue weighted by atomic mass is 16.5. The Kier molecular flexibility index (Phi) is 4.27. The standard InChI is InChI=1S/C15H19NO4/c1-4-19-13(17)8-16-15(18)12-7-5-6-11-9(2)10(3)20-14(11)12/h5-7,9-10H,4,8H2,1-3H3,(H,16,18)/t9-,10+/m1/s1. The lowest BCUT2D eigenvalue weighted by Gasteiger charge is -2.09. The van der Waals surface area contributed by atoms with E-state index in [1.165, 1.54) is 0 Å². The molecule has 0 radical (unpaired) electrons. The zero-order valence-electron chi connectivity index (χ0n) is 11.9. The minimum Gasteiger partial charge on any atom is -0.489 e. The molecule has 0 aliphatic carbocycles. The average Bonchev–Trinajstić information content (AvgIpc) is 2.72. The van der Waals surface area contributed by atoms with Gasteiger partial charge in [0.2, 0.25) is 0 Å². The molecular weight excluding hydrogens is 258 g/mol. The molecule has 0 saturated heterocycles. The molecule has 2 atom stereocenters. The van der Waals surface area contributed by atoms with Crippen molar-refractivity contribution in [2.24, 2.45) is 0 Å². The van der Waals surface area contributed by atoms with Gasteiger partial charge in [-0.3, -0.25) is 9.59 Å². The third kappa shape index (κ3) is 2.76. The molecule has 1 N–H and O–H groups in total. The number of fused-ring (bicyclic) bond motifs is 1. The van der Waals surface area contributed by atoms with Gasteiger partial charge in [-0.15, -0.1) is 0 Å². The van der Waals surface area contributed by atoms with Crippen LogP contribution in [0.3, 0.4) is 0 Å². The van der Waals surface area contributed by atoms with Gasteiger partial charge in [0.1, 0.15) is 18.4 Å². The summed E-state index contributed by atoms with van der Waals surface area (Å²) in [5, 5.41) is 2.55. The highest BCUT2D eigenvalue weighted by Gasteiger charge is 2.31. The molecule has 0 spiro atoms. The van der Waals surface area contributed by atoms with Crippen molar-refractivity contribution in [2.75, 3.05) is 13.2 Å². The Morgan fingerprint density at radius 1 is 1.35 bits per heavy atom. The van der Waals surface area contributed by atoms with Crippen LogP contribution in [-0.2, 0) is 9.53 Å². The van der Waals surface area contributed by atoms with Crippen LogP contribution in [0.1, 0.15) is 42.6 Å². The van der Waals surface area contributed by atoms with E-state index in [0.29, 0.717) is 17.9 Å². The molecule has 1 aliphatic rings. The molecule has 5 nitrogen and oxygen atoms in total. The Morgan fingerprint density at radius 3 is 2.80 bits per heavy atom. The fourth-order valence-electron chi connectivity index (χ4n) is 2.22. The second kappa shape index (κ2) is 5.94. The summed E-state index contributed by atoms with van der Waals surface area (Å²) in [6.45, 7) is 5.93. The van der Waals surface area contributed by atoms with Gasteiger partial charge in [-0.05, 0) is 19.9 Å². The van der Waals surface area contributed by atoms with Gasteiger partial charge in [-0.25, -0.2) is 0 Å². The molecule has 1 amide bonds. The first-order chi connectivity index (χ1) is 9.54. The maximum atomic E-state index is 12.1. The smallest absolute Gasteiger partial charge is 0.325 e. The predicted molar refractivity (Wildman–Crippen MR) is 73.9 cm³/mol. The van der Waals surface area contributed by atoms with E-state index < -0.39 is 5.97 Å². The molecule has 1 aromatic rings. The second-order valence-electron chi connectivity index (χ2n) is 4.82. The summed E-state index contributed by atoms with van der Waals surface area (Å²) < 4.78 is 10.5. The van der Waals surface area contributed by atoms with E-state index in [1.54, 1.807) is 13.0 Å². The van der Waals surface area contributed by atoms with E-state index in [1.807, 2.05) is 19.1 Å². The Morgan fingerprint density at radius 2 is 2.10 bits per heavy atom. The van der Waals surface area contributed by atoms with Crippen molar-refractivity contribution in [3.05, 3.63) is 29.3 Å². The SMILES string of the molecule is CCOC(=O)CNC(=O)c1cccc2c1O[C@@H](C)[C@H]2C. The van der Waals surface area contributed by atoms with Crippen molar-refractivity contribution in [2.45, 2.75) is 32.8 Å². The summed E-state index contributed by atoms with van der Waals surface area (Å²) in [6, 6.07) is 5.49. The fraction of sp³-hybridized carbons (Fsp3) is 0.467. The molecule has 1 aromatic carbocycles. The van der Waals surface area contributed by atoms with Crippen molar-refractivity contribution in [1.29, 1.82) is 0 Å². The quantitative estimate of drug-likeness (QED) is 0.853. The molecule has 0 unspecified atom stereocenters. The van der Waals surface area contributed by atoms with Crippen LogP contribution in [0.4, 0.5) is 0 Å². The number of amides is 1. The molecule has 0 saturated carbocycles. The molecule has 20 heavy (non-hydrogen) atoms. The zero-order valence-corrected chi connectivity index (χ0v) is 11.9. The Bertz CT molecular complexity index is 527. The van der Waals surface area contributed by atoms with Crippen LogP contribution in [0.2, 0.25) is 0 Å². The van der Waals surface area contributed by atoms with Gasteiger partial charge in [0, 0.05) is 11.5 Å². The normalized spacial score (nSPS) is 19.9. The van der Waals surface area contributed by atoms with Crippen LogP contribution in [0.25, 0.3) is 0 Å². The van der Waals surface area contributed by atoms with Gasteiger partial charge < -0.3 is 14.8 Å². The average molecular weight is 277 g/mol. The third-order valence-electron chi connectivity index (χ3n) is 3.49. The van der Waals surface area contributed by atoms with Crippen LogP contribution in [0.15, 0.2) is 18.2 Å². The van der Waals surface area contributed by atoms with Crippen LogP contribution >= 0.6 is 0 Å². The molecule has 5 heteroatoms. The molecule has 1 aliphatic heterocycles. The van der Waals surface area contributed by atoms with Gasteiger partial charge in [0.25, 0.3) is 5.91 Å². The summed E-state index contributed by atoms with van der Waals surface area (Å²) in [5.74, 6) is 0.101. The van der Waals surface area contributed by atoms with Crippen molar-refractivity contribution in [3.63, 3.8) is 0 Å². The van der Waals surface area contributed by atoms with Crippen molar-refractivity contribution < 1.29 is 19.1 Å². The Labute approximate surface area is 118 Å². The van der Waals surface area contributed by atoms with E-state index in [9.17, 15) is 9.59 Å². The number of nitrogens with one attached hydrogen (secondary N) is 1. The number of hydrogen-bond donors (Lipinski definition) is 1. The maximum Gasteiger partial charge on any atom is 0.325 e. The molecule has 0 aromatic heterocycles. The highest BCUT2D eigenvalue weighted by Crippen LogP contribution is 2.40. The predicted octanol–water partition coefficient (Wildman–Crippen LogP) is 1.86. The fourth-order valence-corrected chi connectivity index (χ4v) is 2.22. The monoisotopic (exact) mass is 277 g/mol. The first-order valence-corrected chi connectivity index (χ1v) is 6.78. The number of para-hydroxylation sites is 1. The van der Waals surface area contributed by atoms with E-state index in [-0.39, 0.29) is 24.5 Å². The summed E-state index contributed by atoms with van der Waals surface area (Å²) in [7, 11) is 0. The molecule has 0 bridgehead atoms. The molecule has 108 valence electrons. The number of hydrogen-bond acceptors (Lipinski definition) is 4. The number of benzene rings is 1. The lowest BCUT2D eigenvalue weighted by molar-refractivity contribution is -0.141. The van der Waals surface area contributed by atoms with Gasteiger partial charge in [-0.2, -0.15) is 0 Å². The van der Waals surface area contributed by atoms with Crippen molar-refractivity contribution >= 4 is 11.9 Å². The van der Waals surface area contributed by atoms with Gasteiger partial charge in [-0.1, -0.05) is 19.1 Å². The zero-order chi connectivity index (χ0) is 14.7. The highest BCUT2D eigenvalue weighted by molar-refractivity contribution is 5.99. The Hall–Kier alpha value is -2.04. The topological polar surface area (TPSA) is 64.6 Å². The first-order valence-electron chi connectivity index (χ1n) is 6.78. The van der Waals surface area contributed by atoms with Crippen LogP contribution in [-0.4, -0.2) is 31.1 Å². The van der Waals surface area contributed by atoms with Crippen LogP contribution in [0.5, 0.6) is 5.75 Å². The van der Waals surface area contributed by atoms with Gasteiger partial charge >= 0.3 is 5.97 Å². The number of carbonyl (C=O) groups is 2. The van der Waals surface area contributed by atoms with Crippen LogP contribution < -0.4 is 10.1 Å². The molecule has 0 fully saturated rings. The minimum absolute atomic E-state index is 0.0454. The summed E-state index contributed by atoms with van der Waals surface area (Å²) in [6.07, 6.45) is 0.0454. The van der Waals surface area contributed by atoms with E-state index in [0.717, 1.165) is 5.56 Å². The summed E-state index contributed by atoms with van der Waals surface area (Å²) in [4.78, 5) is 23.4. The summed E-state index contributed by atoms with van der Waals surface area (Å²) in [5.41, 5.74) is 1.49. The molecular formula is C15H19NO4. The van der Waals surface area contributed by atoms with Gasteiger partial charge in [0.05, 0.1) is 12.2 Å². The third-order valence-corrected chi connectivity index (χ3v) is 3.49. The van der Waals surface area contributed by atoms with E-state index >= 15 is 0 Å². The summed E-state index contributed by atoms with van der Waals surface area (Å²) >= 11 is 0. The van der Waals surface area contributed by atoms with Crippen molar-refractivity contribution in [1.82, 2.24) is 5.32 Å². The number of esters is 1. The number of ether oxygens (including phenoxy) is 2. The molecule has 1 heterocycles.